The van der Waals surface area contributed by atoms with Crippen molar-refractivity contribution in [2.75, 3.05) is 36.4 Å². The minimum atomic E-state index is -3.59. The van der Waals surface area contributed by atoms with Crippen LogP contribution in [0.1, 0.15) is 12.8 Å². The summed E-state index contributed by atoms with van der Waals surface area (Å²) in [5.41, 5.74) is 1.84. The third-order valence-corrected chi connectivity index (χ3v) is 6.23. The van der Waals surface area contributed by atoms with Crippen molar-refractivity contribution in [2.45, 2.75) is 17.7 Å². The highest BCUT2D eigenvalue weighted by atomic mass is 32.2. The van der Waals surface area contributed by atoms with Gasteiger partial charge < -0.3 is 10.2 Å². The fourth-order valence-corrected chi connectivity index (χ4v) is 4.28. The predicted octanol–water partition coefficient (Wildman–Crippen LogP) is 1.65. The fraction of sp³-hybridized carbons (Fsp3) is 0.316. The maximum atomic E-state index is 12.5. The number of nitrogens with one attached hydrogen (secondary N) is 2. The number of benzene rings is 1. The lowest BCUT2D eigenvalue weighted by atomic mass is 10.3. The first kappa shape index (κ1) is 19.3. The molecule has 0 saturated carbocycles. The number of rotatable bonds is 8. The highest BCUT2D eigenvalue weighted by Gasteiger charge is 2.15. The molecular formula is C19H23N7O2S. The molecule has 3 aromatic rings. The van der Waals surface area contributed by atoms with E-state index in [0.717, 1.165) is 24.5 Å². The van der Waals surface area contributed by atoms with E-state index in [2.05, 4.69) is 30.2 Å². The van der Waals surface area contributed by atoms with Crippen LogP contribution < -0.4 is 14.9 Å². The van der Waals surface area contributed by atoms with E-state index in [9.17, 15) is 8.42 Å². The van der Waals surface area contributed by atoms with Gasteiger partial charge in [0, 0.05) is 44.6 Å². The van der Waals surface area contributed by atoms with Gasteiger partial charge in [0.1, 0.15) is 0 Å². The van der Waals surface area contributed by atoms with Gasteiger partial charge in [0.2, 0.25) is 10.0 Å². The SMILES string of the molecule is O=S(=O)(NCCNc1cc(N2CCCC2)cnn1)c1ccc(-n2cccn2)cc1. The van der Waals surface area contributed by atoms with Crippen molar-refractivity contribution in [3.8, 4) is 5.69 Å². The van der Waals surface area contributed by atoms with Gasteiger partial charge in [0.15, 0.2) is 5.82 Å². The molecule has 1 aliphatic heterocycles. The van der Waals surface area contributed by atoms with Gasteiger partial charge in [-0.25, -0.2) is 17.8 Å². The Morgan fingerprint density at radius 3 is 2.55 bits per heavy atom. The van der Waals surface area contributed by atoms with Gasteiger partial charge in [-0.1, -0.05) is 0 Å². The van der Waals surface area contributed by atoms with Crippen LogP contribution >= 0.6 is 0 Å². The van der Waals surface area contributed by atoms with Gasteiger partial charge in [0.05, 0.1) is 22.5 Å². The third-order valence-electron chi connectivity index (χ3n) is 4.75. The summed E-state index contributed by atoms with van der Waals surface area (Å²) in [4.78, 5) is 2.49. The Morgan fingerprint density at radius 2 is 1.83 bits per heavy atom. The molecule has 1 saturated heterocycles. The monoisotopic (exact) mass is 413 g/mol. The van der Waals surface area contributed by atoms with Crippen LogP contribution in [-0.2, 0) is 10.0 Å². The first-order chi connectivity index (χ1) is 14.1. The van der Waals surface area contributed by atoms with E-state index >= 15 is 0 Å². The highest BCUT2D eigenvalue weighted by molar-refractivity contribution is 7.89. The molecule has 0 atom stereocenters. The molecule has 152 valence electrons. The second-order valence-corrected chi connectivity index (χ2v) is 8.53. The zero-order chi connectivity index (χ0) is 20.1. The lowest BCUT2D eigenvalue weighted by Crippen LogP contribution is -2.29. The minimum absolute atomic E-state index is 0.212. The normalized spacial score (nSPS) is 14.3. The van der Waals surface area contributed by atoms with Gasteiger partial charge in [0.25, 0.3) is 0 Å². The van der Waals surface area contributed by atoms with Crippen LogP contribution in [0.2, 0.25) is 0 Å². The third kappa shape index (κ3) is 4.72. The maximum absolute atomic E-state index is 12.5. The minimum Gasteiger partial charge on any atom is -0.370 e. The topological polar surface area (TPSA) is 105 Å². The first-order valence-electron chi connectivity index (χ1n) is 9.53. The van der Waals surface area contributed by atoms with Crippen molar-refractivity contribution < 1.29 is 8.42 Å². The summed E-state index contributed by atoms with van der Waals surface area (Å²) in [6.07, 6.45) is 7.61. The van der Waals surface area contributed by atoms with Crippen molar-refractivity contribution in [2.24, 2.45) is 0 Å². The van der Waals surface area contributed by atoms with Gasteiger partial charge in [-0.3, -0.25) is 0 Å². The molecule has 0 unspecified atom stereocenters. The van der Waals surface area contributed by atoms with Gasteiger partial charge in [-0.15, -0.1) is 5.10 Å². The molecule has 0 spiro atoms. The van der Waals surface area contributed by atoms with Crippen LogP contribution in [0, 0.1) is 0 Å². The molecule has 0 amide bonds. The average molecular weight is 414 g/mol. The lowest BCUT2D eigenvalue weighted by molar-refractivity contribution is 0.583. The van der Waals surface area contributed by atoms with Crippen molar-refractivity contribution >= 4 is 21.5 Å². The van der Waals surface area contributed by atoms with Crippen LogP contribution in [0.4, 0.5) is 11.5 Å². The second-order valence-electron chi connectivity index (χ2n) is 6.76. The molecular weight excluding hydrogens is 390 g/mol. The van der Waals surface area contributed by atoms with E-state index in [1.807, 2.05) is 12.1 Å². The number of sulfonamides is 1. The van der Waals surface area contributed by atoms with Crippen LogP contribution in [0.25, 0.3) is 5.69 Å². The quantitative estimate of drug-likeness (QED) is 0.541. The Hall–Kier alpha value is -2.98. The van der Waals surface area contributed by atoms with Gasteiger partial charge >= 0.3 is 0 Å². The molecule has 29 heavy (non-hydrogen) atoms. The summed E-state index contributed by atoms with van der Waals surface area (Å²) in [5, 5.41) is 15.3. The largest absolute Gasteiger partial charge is 0.370 e. The van der Waals surface area contributed by atoms with Crippen molar-refractivity contribution in [1.29, 1.82) is 0 Å². The zero-order valence-electron chi connectivity index (χ0n) is 15.9. The van der Waals surface area contributed by atoms with E-state index in [-0.39, 0.29) is 11.4 Å². The fourth-order valence-electron chi connectivity index (χ4n) is 3.25. The molecule has 1 aromatic carbocycles. The summed E-state index contributed by atoms with van der Waals surface area (Å²) in [6, 6.07) is 10.3. The van der Waals surface area contributed by atoms with Gasteiger partial charge in [-0.2, -0.15) is 10.2 Å². The van der Waals surface area contributed by atoms with E-state index in [4.69, 9.17) is 0 Å². The number of hydrogen-bond donors (Lipinski definition) is 2. The van der Waals surface area contributed by atoms with Crippen molar-refractivity contribution in [3.63, 3.8) is 0 Å². The van der Waals surface area contributed by atoms with E-state index in [1.54, 1.807) is 47.5 Å². The summed E-state index contributed by atoms with van der Waals surface area (Å²) in [6.45, 7) is 2.70. The Balaban J connectivity index is 1.30. The van der Waals surface area contributed by atoms with E-state index in [1.165, 1.54) is 12.8 Å². The van der Waals surface area contributed by atoms with Crippen LogP contribution in [0.3, 0.4) is 0 Å². The summed E-state index contributed by atoms with van der Waals surface area (Å²) in [7, 11) is -3.59. The van der Waals surface area contributed by atoms with E-state index < -0.39 is 10.0 Å². The summed E-state index contributed by atoms with van der Waals surface area (Å²) >= 11 is 0. The van der Waals surface area contributed by atoms with Crippen LogP contribution in [-0.4, -0.2) is 54.6 Å². The molecule has 1 fully saturated rings. The number of anilines is 2. The zero-order valence-corrected chi connectivity index (χ0v) is 16.7. The van der Waals surface area contributed by atoms with Crippen LogP contribution in [0.15, 0.2) is 59.9 Å². The lowest BCUT2D eigenvalue weighted by Gasteiger charge is -2.17. The number of hydrogen-bond acceptors (Lipinski definition) is 7. The molecule has 3 heterocycles. The summed E-state index contributed by atoms with van der Waals surface area (Å²) < 4.78 is 29.2. The molecule has 0 aliphatic carbocycles. The standard InChI is InChI=1S/C19H23N7O2S/c27-29(28,18-6-4-16(5-7-18)26-13-3-8-22-26)23-10-9-20-19-14-17(15-21-24-19)25-11-1-2-12-25/h3-8,13-15,23H,1-2,9-12H2,(H,20,24). The average Bonchev–Trinajstić information content (AvgIpc) is 3.46. The highest BCUT2D eigenvalue weighted by Crippen LogP contribution is 2.20. The van der Waals surface area contributed by atoms with Crippen molar-refractivity contribution in [3.05, 3.63) is 55.0 Å². The molecule has 4 rings (SSSR count). The molecule has 0 bridgehead atoms. The van der Waals surface area contributed by atoms with Crippen molar-refractivity contribution in [1.82, 2.24) is 24.7 Å². The summed E-state index contributed by atoms with van der Waals surface area (Å²) in [5.74, 6) is 0.636. The molecule has 2 N–H and O–H groups in total. The molecule has 9 nitrogen and oxygen atoms in total. The van der Waals surface area contributed by atoms with Crippen LogP contribution in [0.5, 0.6) is 0 Å². The predicted molar refractivity (Wildman–Crippen MR) is 111 cm³/mol. The first-order valence-corrected chi connectivity index (χ1v) is 11.0. The maximum Gasteiger partial charge on any atom is 0.240 e. The van der Waals surface area contributed by atoms with E-state index in [0.29, 0.717) is 12.4 Å². The smallest absolute Gasteiger partial charge is 0.240 e. The number of nitrogens with zero attached hydrogens (tertiary/aromatic N) is 5. The Kier molecular flexibility index (Phi) is 5.72. The molecule has 10 heteroatoms. The van der Waals surface area contributed by atoms with Gasteiger partial charge in [-0.05, 0) is 43.2 Å². The Morgan fingerprint density at radius 1 is 1.03 bits per heavy atom. The molecule has 2 aromatic heterocycles. The Bertz CT molecular complexity index is 1030. The molecule has 0 radical (unpaired) electrons. The Labute approximate surface area is 169 Å². The molecule has 1 aliphatic rings. The number of aromatic nitrogens is 4. The second kappa shape index (κ2) is 8.58.